The van der Waals surface area contributed by atoms with Crippen molar-refractivity contribution in [3.63, 3.8) is 0 Å². The number of aromatic hydroxyl groups is 6. The standard InChI is InChI=1S/2C21H17NO5.H2O4S.H2O/c2*1-22(2)12-5-3-11(4-6-12)21-13-7-15(23)17(25)9-19(13)27-20-10-18(26)16(24)8-14(20)21;1-5(2,3)4;/h2*3-10,23-25H,1-2H3;(H2,1,2,3,4);1H2. The monoisotopic (exact) mass is 842 g/mol. The summed E-state index contributed by atoms with van der Waals surface area (Å²) < 4.78 is 43.1. The number of benzene rings is 6. The zero-order valence-corrected chi connectivity index (χ0v) is 32.9. The van der Waals surface area contributed by atoms with E-state index in [4.69, 9.17) is 26.4 Å². The van der Waals surface area contributed by atoms with E-state index in [2.05, 4.69) is 0 Å². The van der Waals surface area contributed by atoms with Gasteiger partial charge in [-0.15, -0.1) is 0 Å². The van der Waals surface area contributed by atoms with Crippen molar-refractivity contribution in [2.75, 3.05) is 38.0 Å². The van der Waals surface area contributed by atoms with Crippen molar-refractivity contribution in [1.82, 2.24) is 0 Å². The first-order chi connectivity index (χ1) is 27.7. The first-order valence-electron chi connectivity index (χ1n) is 17.3. The number of rotatable bonds is 4. The van der Waals surface area contributed by atoms with E-state index in [-0.39, 0.29) is 51.5 Å². The molecular weight excluding hydrogens is 805 g/mol. The lowest BCUT2D eigenvalue weighted by Crippen LogP contribution is -2.08. The van der Waals surface area contributed by atoms with Gasteiger partial charge in [-0.2, -0.15) is 8.42 Å². The van der Waals surface area contributed by atoms with E-state index in [0.29, 0.717) is 44.2 Å². The molecule has 2 aliphatic heterocycles. The van der Waals surface area contributed by atoms with Crippen LogP contribution < -0.4 is 20.7 Å². The van der Waals surface area contributed by atoms with Crippen LogP contribution >= 0.6 is 0 Å². The number of hydrogen-bond acceptors (Lipinski definition) is 14. The average Bonchev–Trinajstić information content (AvgIpc) is 3.15. The number of nitrogens with zero attached hydrogens (tertiary/aromatic N) is 2. The highest BCUT2D eigenvalue weighted by Crippen LogP contribution is 2.45. The Bertz CT molecular complexity index is 2830. The highest BCUT2D eigenvalue weighted by molar-refractivity contribution is 7.79. The molecule has 0 amide bonds. The molecule has 312 valence electrons. The van der Waals surface area contributed by atoms with Crippen LogP contribution in [-0.4, -0.2) is 81.8 Å². The van der Waals surface area contributed by atoms with Gasteiger partial charge in [0.1, 0.15) is 22.7 Å². The molecule has 4 aromatic rings. The molecule has 4 aliphatic rings. The van der Waals surface area contributed by atoms with Crippen molar-refractivity contribution < 1.29 is 62.5 Å². The minimum atomic E-state index is -4.67. The highest BCUT2D eigenvalue weighted by atomic mass is 32.3. The van der Waals surface area contributed by atoms with Gasteiger partial charge in [-0.05, 0) is 59.7 Å². The smallest absolute Gasteiger partial charge is 0.394 e. The number of phenols is 6. The molecule has 0 unspecified atom stereocenters. The molecule has 0 radical (unpaired) electrons. The maximum atomic E-state index is 11.9. The Kier molecular flexibility index (Phi) is 12.2. The topological polar surface area (TPSA) is 294 Å². The van der Waals surface area contributed by atoms with Crippen molar-refractivity contribution >= 4 is 43.7 Å². The Morgan fingerprint density at radius 1 is 0.467 bits per heavy atom. The predicted octanol–water partition coefficient (Wildman–Crippen LogP) is 6.02. The molecule has 18 heteroatoms. The first kappa shape index (κ1) is 43.6. The van der Waals surface area contributed by atoms with Gasteiger partial charge in [0.15, 0.2) is 34.5 Å². The van der Waals surface area contributed by atoms with Crippen molar-refractivity contribution in [1.29, 1.82) is 0 Å². The summed E-state index contributed by atoms with van der Waals surface area (Å²) in [5, 5.41) is 60.6. The molecule has 4 aromatic carbocycles. The molecule has 2 heterocycles. The molecule has 17 nitrogen and oxygen atoms in total. The summed E-state index contributed by atoms with van der Waals surface area (Å²) >= 11 is 0. The minimum absolute atomic E-state index is 0. The summed E-state index contributed by atoms with van der Waals surface area (Å²) in [4.78, 5) is 27.6. The van der Waals surface area contributed by atoms with Crippen LogP contribution in [-0.2, 0) is 10.4 Å². The number of phenolic OH excluding ortho intramolecular Hbond substituents is 6. The highest BCUT2D eigenvalue weighted by Gasteiger charge is 2.22. The Balaban J connectivity index is 0.000000202. The molecule has 0 saturated heterocycles. The second kappa shape index (κ2) is 16.8. The van der Waals surface area contributed by atoms with Crippen LogP contribution in [0.4, 0.5) is 11.4 Å². The van der Waals surface area contributed by atoms with E-state index in [1.807, 2.05) is 86.5 Å². The maximum absolute atomic E-state index is 11.9. The van der Waals surface area contributed by atoms with Gasteiger partial charge < -0.3 is 54.7 Å². The molecule has 0 fully saturated rings. The second-order valence-electron chi connectivity index (χ2n) is 13.6. The van der Waals surface area contributed by atoms with Gasteiger partial charge in [-0.25, -0.2) is 0 Å². The van der Waals surface area contributed by atoms with Crippen molar-refractivity contribution in [2.45, 2.75) is 0 Å². The third-order valence-electron chi connectivity index (χ3n) is 9.14. The van der Waals surface area contributed by atoms with Gasteiger partial charge in [-0.3, -0.25) is 18.7 Å². The van der Waals surface area contributed by atoms with E-state index in [9.17, 15) is 40.2 Å². The normalized spacial score (nSPS) is 11.0. The van der Waals surface area contributed by atoms with Gasteiger partial charge in [0, 0.05) is 96.9 Å². The van der Waals surface area contributed by atoms with Crippen LogP contribution in [0.15, 0.2) is 115 Å². The van der Waals surface area contributed by atoms with E-state index in [1.54, 1.807) is 0 Å². The molecule has 0 atom stereocenters. The van der Waals surface area contributed by atoms with Gasteiger partial charge in [0.25, 0.3) is 0 Å². The molecule has 0 aromatic heterocycles. The van der Waals surface area contributed by atoms with Gasteiger partial charge >= 0.3 is 10.4 Å². The van der Waals surface area contributed by atoms with Gasteiger partial charge in [-0.1, -0.05) is 24.3 Å². The zero-order valence-electron chi connectivity index (χ0n) is 32.1. The fraction of sp³-hybridized carbons (Fsp3) is 0.0952. The molecule has 0 spiro atoms. The number of hydrogen-bond donors (Lipinski definition) is 8. The summed E-state index contributed by atoms with van der Waals surface area (Å²) in [5.41, 5.74) is 5.60. The lowest BCUT2D eigenvalue weighted by molar-refractivity contribution is 0.380. The summed E-state index contributed by atoms with van der Waals surface area (Å²) in [5.74, 6) is -1.41. The second-order valence-corrected chi connectivity index (χ2v) is 14.5. The molecule has 0 bridgehead atoms. The van der Waals surface area contributed by atoms with Crippen LogP contribution in [0.5, 0.6) is 34.5 Å². The third-order valence-corrected chi connectivity index (χ3v) is 9.14. The Hall–Kier alpha value is -7.51. The zero-order chi connectivity index (χ0) is 43.1. The van der Waals surface area contributed by atoms with Gasteiger partial charge in [0.2, 0.25) is 10.9 Å². The van der Waals surface area contributed by atoms with Crippen LogP contribution in [0.3, 0.4) is 0 Å². The van der Waals surface area contributed by atoms with E-state index >= 15 is 0 Å². The summed E-state index contributed by atoms with van der Waals surface area (Å²) in [6.45, 7) is 0. The third kappa shape index (κ3) is 9.11. The Morgan fingerprint density at radius 3 is 1.07 bits per heavy atom. The lowest BCUT2D eigenvalue weighted by atomic mass is 9.93. The maximum Gasteiger partial charge on any atom is 0.394 e. The van der Waals surface area contributed by atoms with Crippen molar-refractivity contribution in [3.8, 4) is 79.4 Å². The average molecular weight is 843 g/mol. The quantitative estimate of drug-likeness (QED) is 0.0571. The first-order valence-corrected chi connectivity index (χ1v) is 18.7. The largest absolute Gasteiger partial charge is 0.504 e. The van der Waals surface area contributed by atoms with E-state index in [1.165, 1.54) is 48.5 Å². The molecule has 8 rings (SSSR count). The molecule has 0 saturated carbocycles. The predicted molar refractivity (Wildman–Crippen MR) is 226 cm³/mol. The summed E-state index contributed by atoms with van der Waals surface area (Å²) in [6.07, 6.45) is 0. The van der Waals surface area contributed by atoms with E-state index in [0.717, 1.165) is 22.5 Å². The summed E-state index contributed by atoms with van der Waals surface area (Å²) in [6, 6.07) is 26.0. The molecular formula is C42H38N2O15S. The number of fused-ring (bicyclic) bond motifs is 4. The SMILES string of the molecule is CN(C)c1ccc(-c2c3cc(O)c(=O)cc-3oc3cc(O)c(O)cc23)cc1.CN(C)c1ccc(-c2c3cc(O)c(=O)cc-3oc3cc(O)c(O)cc23)cc1.O.O=S(=O)(O)O. The Morgan fingerprint density at radius 2 is 0.767 bits per heavy atom. The fourth-order valence-electron chi connectivity index (χ4n) is 6.34. The minimum Gasteiger partial charge on any atom is -0.504 e. The van der Waals surface area contributed by atoms with Crippen LogP contribution in [0.25, 0.3) is 66.8 Å². The van der Waals surface area contributed by atoms with Crippen LogP contribution in [0.1, 0.15) is 0 Å². The fourth-order valence-corrected chi connectivity index (χ4v) is 6.34. The van der Waals surface area contributed by atoms with E-state index < -0.39 is 21.3 Å². The van der Waals surface area contributed by atoms with Crippen molar-refractivity contribution in [3.05, 3.63) is 118 Å². The van der Waals surface area contributed by atoms with Gasteiger partial charge in [0.05, 0.1) is 0 Å². The lowest BCUT2D eigenvalue weighted by Gasteiger charge is -2.17. The number of anilines is 2. The van der Waals surface area contributed by atoms with Crippen molar-refractivity contribution in [2.24, 2.45) is 0 Å². The van der Waals surface area contributed by atoms with Crippen LogP contribution in [0, 0.1) is 0 Å². The molecule has 2 aliphatic carbocycles. The van der Waals surface area contributed by atoms with Crippen LogP contribution in [0.2, 0.25) is 0 Å². The summed E-state index contributed by atoms with van der Waals surface area (Å²) in [7, 11) is 3.09. The Labute approximate surface area is 340 Å². The molecule has 60 heavy (non-hydrogen) atoms. The molecule has 10 N–H and O–H groups in total.